The molecule has 1 saturated heterocycles. The van der Waals surface area contributed by atoms with Crippen molar-refractivity contribution in [2.24, 2.45) is 5.92 Å². The lowest BCUT2D eigenvalue weighted by molar-refractivity contribution is 0.0435. The van der Waals surface area contributed by atoms with Crippen molar-refractivity contribution in [1.82, 2.24) is 10.2 Å². The molecule has 1 saturated carbocycles. The SMILES string of the molecule is O=C(NCC1CC(O)C1)N1CCCC1. The first-order chi connectivity index (χ1) is 6.75. The summed E-state index contributed by atoms with van der Waals surface area (Å²) >= 11 is 0. The van der Waals surface area contributed by atoms with Crippen LogP contribution in [-0.4, -0.2) is 41.8 Å². The molecule has 2 N–H and O–H groups in total. The molecule has 0 atom stereocenters. The molecule has 0 radical (unpaired) electrons. The zero-order valence-electron chi connectivity index (χ0n) is 8.41. The summed E-state index contributed by atoms with van der Waals surface area (Å²) < 4.78 is 0. The van der Waals surface area contributed by atoms with E-state index in [4.69, 9.17) is 5.11 Å². The molecular formula is C10H18N2O2. The third kappa shape index (κ3) is 2.18. The summed E-state index contributed by atoms with van der Waals surface area (Å²) in [6, 6.07) is 0.0730. The number of carbonyl (C=O) groups is 1. The Bertz CT molecular complexity index is 208. The zero-order valence-corrected chi connectivity index (χ0v) is 8.41. The third-order valence-corrected chi connectivity index (χ3v) is 3.15. The number of rotatable bonds is 2. The summed E-state index contributed by atoms with van der Waals surface area (Å²) in [7, 11) is 0. The molecule has 0 spiro atoms. The Hall–Kier alpha value is -0.770. The number of nitrogens with zero attached hydrogens (tertiary/aromatic N) is 1. The number of amides is 2. The number of hydrogen-bond acceptors (Lipinski definition) is 2. The fourth-order valence-corrected chi connectivity index (χ4v) is 2.13. The molecule has 80 valence electrons. The van der Waals surface area contributed by atoms with Crippen LogP contribution in [0.2, 0.25) is 0 Å². The fraction of sp³-hybridized carbons (Fsp3) is 0.900. The summed E-state index contributed by atoms with van der Waals surface area (Å²) in [5, 5.41) is 12.0. The van der Waals surface area contributed by atoms with E-state index >= 15 is 0 Å². The molecule has 0 aromatic rings. The van der Waals surface area contributed by atoms with Gasteiger partial charge in [-0.15, -0.1) is 0 Å². The predicted molar refractivity (Wildman–Crippen MR) is 52.9 cm³/mol. The van der Waals surface area contributed by atoms with Gasteiger partial charge in [-0.3, -0.25) is 0 Å². The molecule has 4 nitrogen and oxygen atoms in total. The quantitative estimate of drug-likeness (QED) is 0.681. The topological polar surface area (TPSA) is 52.6 Å². The van der Waals surface area contributed by atoms with Gasteiger partial charge in [-0.05, 0) is 31.6 Å². The molecule has 2 fully saturated rings. The van der Waals surface area contributed by atoms with E-state index < -0.39 is 0 Å². The highest BCUT2D eigenvalue weighted by atomic mass is 16.3. The molecule has 0 unspecified atom stereocenters. The van der Waals surface area contributed by atoms with Gasteiger partial charge < -0.3 is 15.3 Å². The Balaban J connectivity index is 1.62. The van der Waals surface area contributed by atoms with Crippen molar-refractivity contribution in [3.63, 3.8) is 0 Å². The molecule has 2 amide bonds. The molecule has 2 aliphatic rings. The average molecular weight is 198 g/mol. The third-order valence-electron chi connectivity index (χ3n) is 3.15. The van der Waals surface area contributed by atoms with Gasteiger partial charge in [-0.2, -0.15) is 0 Å². The van der Waals surface area contributed by atoms with Gasteiger partial charge >= 0.3 is 6.03 Å². The normalized spacial score (nSPS) is 31.4. The van der Waals surface area contributed by atoms with Crippen LogP contribution in [0.25, 0.3) is 0 Å². The highest BCUT2D eigenvalue weighted by Crippen LogP contribution is 2.26. The molecule has 1 heterocycles. The Morgan fingerprint density at radius 3 is 2.57 bits per heavy atom. The second kappa shape index (κ2) is 4.17. The number of carbonyl (C=O) groups excluding carboxylic acids is 1. The molecule has 0 bridgehead atoms. The minimum absolute atomic E-state index is 0.0730. The van der Waals surface area contributed by atoms with Crippen LogP contribution in [0.3, 0.4) is 0 Å². The standard InChI is InChI=1S/C10H18N2O2/c13-9-5-8(6-9)7-11-10(14)12-3-1-2-4-12/h8-9,13H,1-7H2,(H,11,14). The number of aliphatic hydroxyl groups excluding tert-OH is 1. The van der Waals surface area contributed by atoms with E-state index in [-0.39, 0.29) is 12.1 Å². The van der Waals surface area contributed by atoms with E-state index in [0.29, 0.717) is 5.92 Å². The van der Waals surface area contributed by atoms with Gasteiger partial charge in [0.15, 0.2) is 0 Å². The van der Waals surface area contributed by atoms with E-state index in [1.807, 2.05) is 4.90 Å². The van der Waals surface area contributed by atoms with E-state index in [0.717, 1.165) is 45.3 Å². The first kappa shape index (κ1) is 9.77. The fourth-order valence-electron chi connectivity index (χ4n) is 2.13. The summed E-state index contributed by atoms with van der Waals surface area (Å²) in [6.07, 6.45) is 3.84. The Labute approximate surface area is 84.3 Å². The molecular weight excluding hydrogens is 180 g/mol. The van der Waals surface area contributed by atoms with Crippen LogP contribution in [0.4, 0.5) is 4.79 Å². The smallest absolute Gasteiger partial charge is 0.317 e. The predicted octanol–water partition coefficient (Wildman–Crippen LogP) is 0.563. The summed E-state index contributed by atoms with van der Waals surface area (Å²) in [4.78, 5) is 13.4. The van der Waals surface area contributed by atoms with E-state index in [2.05, 4.69) is 5.32 Å². The van der Waals surface area contributed by atoms with Crippen molar-refractivity contribution < 1.29 is 9.90 Å². The molecule has 2 rings (SSSR count). The van der Waals surface area contributed by atoms with Gasteiger partial charge in [0.2, 0.25) is 0 Å². The van der Waals surface area contributed by atoms with Crippen LogP contribution in [0.15, 0.2) is 0 Å². The monoisotopic (exact) mass is 198 g/mol. The number of nitrogens with one attached hydrogen (secondary N) is 1. The second-order valence-electron chi connectivity index (χ2n) is 4.37. The van der Waals surface area contributed by atoms with Crippen LogP contribution in [0.5, 0.6) is 0 Å². The van der Waals surface area contributed by atoms with Crippen LogP contribution in [0, 0.1) is 5.92 Å². The zero-order chi connectivity index (χ0) is 9.97. The van der Waals surface area contributed by atoms with Crippen LogP contribution < -0.4 is 5.32 Å². The Morgan fingerprint density at radius 2 is 2.00 bits per heavy atom. The van der Waals surface area contributed by atoms with Crippen molar-refractivity contribution in [3.8, 4) is 0 Å². The molecule has 0 aromatic heterocycles. The summed E-state index contributed by atoms with van der Waals surface area (Å²) in [5.74, 6) is 0.497. The van der Waals surface area contributed by atoms with Gasteiger partial charge in [0.25, 0.3) is 0 Å². The number of likely N-dealkylation sites (tertiary alicyclic amines) is 1. The van der Waals surface area contributed by atoms with Crippen LogP contribution >= 0.6 is 0 Å². The Kier molecular flexibility index (Phi) is 2.91. The average Bonchev–Trinajstić information content (AvgIpc) is 2.62. The number of hydrogen-bond donors (Lipinski definition) is 2. The van der Waals surface area contributed by atoms with Gasteiger partial charge in [-0.25, -0.2) is 4.79 Å². The largest absolute Gasteiger partial charge is 0.393 e. The van der Waals surface area contributed by atoms with Crippen LogP contribution in [-0.2, 0) is 0 Å². The van der Waals surface area contributed by atoms with Gasteiger partial charge in [0, 0.05) is 19.6 Å². The molecule has 4 heteroatoms. The lowest BCUT2D eigenvalue weighted by atomic mass is 9.82. The van der Waals surface area contributed by atoms with Gasteiger partial charge in [0.1, 0.15) is 0 Å². The van der Waals surface area contributed by atoms with Crippen molar-refractivity contribution >= 4 is 6.03 Å². The van der Waals surface area contributed by atoms with Crippen LogP contribution in [0.1, 0.15) is 25.7 Å². The maximum Gasteiger partial charge on any atom is 0.317 e. The highest BCUT2D eigenvalue weighted by molar-refractivity contribution is 5.74. The first-order valence-corrected chi connectivity index (χ1v) is 5.46. The summed E-state index contributed by atoms with van der Waals surface area (Å²) in [5.41, 5.74) is 0. The minimum atomic E-state index is -0.122. The van der Waals surface area contributed by atoms with Crippen molar-refractivity contribution in [2.45, 2.75) is 31.8 Å². The van der Waals surface area contributed by atoms with Gasteiger partial charge in [-0.1, -0.05) is 0 Å². The minimum Gasteiger partial charge on any atom is -0.393 e. The molecule has 1 aliphatic heterocycles. The molecule has 1 aliphatic carbocycles. The van der Waals surface area contributed by atoms with Crippen molar-refractivity contribution in [1.29, 1.82) is 0 Å². The maximum atomic E-state index is 11.5. The molecule has 0 aromatic carbocycles. The maximum absolute atomic E-state index is 11.5. The Morgan fingerprint density at radius 1 is 1.36 bits per heavy atom. The van der Waals surface area contributed by atoms with Crippen molar-refractivity contribution in [3.05, 3.63) is 0 Å². The van der Waals surface area contributed by atoms with E-state index in [9.17, 15) is 4.79 Å². The second-order valence-corrected chi connectivity index (χ2v) is 4.37. The van der Waals surface area contributed by atoms with Gasteiger partial charge in [0.05, 0.1) is 6.10 Å². The molecule has 14 heavy (non-hydrogen) atoms. The lowest BCUT2D eigenvalue weighted by Gasteiger charge is -2.31. The van der Waals surface area contributed by atoms with Crippen molar-refractivity contribution in [2.75, 3.05) is 19.6 Å². The van der Waals surface area contributed by atoms with E-state index in [1.165, 1.54) is 0 Å². The lowest BCUT2D eigenvalue weighted by Crippen LogP contribution is -2.43. The first-order valence-electron chi connectivity index (χ1n) is 5.46. The van der Waals surface area contributed by atoms with E-state index in [1.54, 1.807) is 0 Å². The number of urea groups is 1. The summed E-state index contributed by atoms with van der Waals surface area (Å²) in [6.45, 7) is 2.53. The number of aliphatic hydroxyl groups is 1. The highest BCUT2D eigenvalue weighted by Gasteiger charge is 2.28.